The molecule has 0 saturated carbocycles. The van der Waals surface area contributed by atoms with Crippen LogP contribution in [0.2, 0.25) is 0 Å². The quantitative estimate of drug-likeness (QED) is 0.0204. The number of ketones is 2. The van der Waals surface area contributed by atoms with Gasteiger partial charge in [-0.15, -0.1) is 12.3 Å². The molecule has 2 heterocycles. The number of aliphatic carboxylic acids is 6. The van der Waals surface area contributed by atoms with E-state index in [0.29, 0.717) is 28.9 Å². The Morgan fingerprint density at radius 1 is 0.528 bits per heavy atom. The number of H-pyrrole nitrogens is 1. The summed E-state index contributed by atoms with van der Waals surface area (Å²) in [7, 11) is 0. The van der Waals surface area contributed by atoms with Gasteiger partial charge in [0.15, 0.2) is 16.9 Å². The summed E-state index contributed by atoms with van der Waals surface area (Å²) in [5, 5.41) is 78.4. The zero-order valence-corrected chi connectivity index (χ0v) is 63.7. The van der Waals surface area contributed by atoms with E-state index in [1.807, 2.05) is 5.32 Å². The molecule has 0 aliphatic heterocycles. The summed E-state index contributed by atoms with van der Waals surface area (Å²) in [6.07, 6.45) is 2.66. The summed E-state index contributed by atoms with van der Waals surface area (Å²) in [5.74, 6) is -14.6. The lowest BCUT2D eigenvalue weighted by Crippen LogP contribution is -2.54. The van der Waals surface area contributed by atoms with Gasteiger partial charge >= 0.3 is 47.9 Å². The van der Waals surface area contributed by atoms with E-state index in [1.165, 1.54) is 30.5 Å². The number of primary amides is 1. The van der Waals surface area contributed by atoms with Crippen molar-refractivity contribution in [3.05, 3.63) is 87.5 Å². The number of carboxylic acids is 6. The van der Waals surface area contributed by atoms with Crippen molar-refractivity contribution >= 4 is 206 Å². The molecule has 2 aromatic heterocycles. The summed E-state index contributed by atoms with van der Waals surface area (Å²) in [6, 6.07) is 1.18. The molecule has 0 spiro atoms. The molecule has 0 unspecified atom stereocenters. The van der Waals surface area contributed by atoms with Gasteiger partial charge in [-0.2, -0.15) is 99.5 Å². The van der Waals surface area contributed by atoms with Gasteiger partial charge in [-0.3, -0.25) is 57.7 Å². The van der Waals surface area contributed by atoms with Crippen LogP contribution in [-0.4, -0.2) is 182 Å². The lowest BCUT2D eigenvalue weighted by Gasteiger charge is -2.23. The average Bonchev–Trinajstić information content (AvgIpc) is 0.812. The van der Waals surface area contributed by atoms with Crippen molar-refractivity contribution < 1.29 is 103 Å². The number of anilines is 2. The number of carbonyl (C=O) groups excluding carboxylic acids is 9. The van der Waals surface area contributed by atoms with E-state index in [-0.39, 0.29) is 200 Å². The predicted molar refractivity (Wildman–Crippen MR) is 417 cm³/mol. The zero-order valence-electron chi connectivity index (χ0n) is 56.7. The number of amides is 9. The Labute approximate surface area is 654 Å². The van der Waals surface area contributed by atoms with Gasteiger partial charge in [0.05, 0.1) is 49.7 Å². The number of terminal acetylenes is 1. The summed E-state index contributed by atoms with van der Waals surface area (Å²) in [4.78, 5) is 213. The number of nitrogen functional groups attached to an aromatic ring is 1. The number of Topliss-reactive ketones (excluding diaryl/α,β-unsaturated/α-hetero) is 2. The Balaban J connectivity index is -0.00000743. The molecule has 106 heavy (non-hydrogen) atoms. The number of unbranched alkanes of at least 4 members (excludes halogenated alkanes) is 3. The van der Waals surface area contributed by atoms with Crippen LogP contribution < -0.4 is 64.9 Å². The van der Waals surface area contributed by atoms with E-state index >= 15 is 0 Å². The molecule has 37 nitrogen and oxygen atoms in total. The van der Waals surface area contributed by atoms with Crippen molar-refractivity contribution in [3.63, 3.8) is 0 Å². The molecule has 4 aromatic rings. The van der Waals surface area contributed by atoms with Crippen molar-refractivity contribution in [2.24, 2.45) is 11.7 Å². The molecule has 4 rings (SSSR count). The first kappa shape index (κ1) is 103. The number of nitrogens with two attached hydrogens (primary N) is 2. The minimum absolute atomic E-state index is 0. The third kappa shape index (κ3) is 38.4. The number of nitrogens with one attached hydrogen (secondary N) is 10. The Hall–Kier alpha value is -9.68. The molecule has 2 aromatic carbocycles. The van der Waals surface area contributed by atoms with Gasteiger partial charge in [-0.25, -0.2) is 33.9 Å². The maximum atomic E-state index is 13.6. The minimum Gasteiger partial charge on any atom is -0.481 e. The highest BCUT2D eigenvalue weighted by atomic mass is 32.1. The Bertz CT molecular complexity index is 3750. The average molecular weight is 1620 g/mol. The fraction of sp³-hybridized carbons (Fsp3) is 0.435. The van der Waals surface area contributed by atoms with Crippen molar-refractivity contribution in [2.45, 2.75) is 158 Å². The molecule has 9 amide bonds. The summed E-state index contributed by atoms with van der Waals surface area (Å²) in [5.41, 5.74) is 12.6. The van der Waals surface area contributed by atoms with E-state index in [9.17, 15) is 102 Å². The lowest BCUT2D eigenvalue weighted by molar-refractivity contribution is -0.144. The number of hydrogen-bond donors (Lipinski definition) is 18. The second-order valence-electron chi connectivity index (χ2n) is 22.5. The van der Waals surface area contributed by atoms with Gasteiger partial charge in [0.2, 0.25) is 29.6 Å². The first-order valence-electron chi connectivity index (χ1n) is 30.7. The van der Waals surface area contributed by atoms with E-state index in [2.05, 4.69) is 68.4 Å². The zero-order chi connectivity index (χ0) is 73.3. The summed E-state index contributed by atoms with van der Waals surface area (Å²) in [6.45, 7) is 0.209. The highest BCUT2D eigenvalue weighted by Gasteiger charge is 2.34. The number of aromatic amines is 1. The monoisotopic (exact) mass is 1620 g/mol. The second kappa shape index (κ2) is 53.1. The normalized spacial score (nSPS) is 12.1. The number of rotatable bonds is 45. The molecule has 0 bridgehead atoms. The number of carboxylic acid groups (broad SMARTS) is 6. The Morgan fingerprint density at radius 2 is 1.08 bits per heavy atom. The molecule has 0 aliphatic rings. The van der Waals surface area contributed by atoms with Gasteiger partial charge in [0.25, 0.3) is 11.5 Å². The number of carbonyl (C=O) groups is 15. The second-order valence-corrected chi connectivity index (χ2v) is 22.5. The molecule has 7 atom stereocenters. The van der Waals surface area contributed by atoms with Crippen molar-refractivity contribution in [2.75, 3.05) is 17.6 Å². The van der Waals surface area contributed by atoms with Gasteiger partial charge in [0, 0.05) is 56.4 Å². The number of hydrogen-bond acceptors (Lipinski definition) is 21. The molecule has 20 N–H and O–H groups in total. The van der Waals surface area contributed by atoms with Crippen LogP contribution in [0, 0.1) is 18.3 Å². The molecule has 44 heteroatoms. The molecule has 588 valence electrons. The first-order valence-corrected chi connectivity index (χ1v) is 30.7. The van der Waals surface area contributed by atoms with Crippen LogP contribution in [0.15, 0.2) is 59.5 Å². The minimum atomic E-state index is -1.77. The van der Waals surface area contributed by atoms with Gasteiger partial charge in [-0.1, -0.05) is 37.1 Å². The van der Waals surface area contributed by atoms with Gasteiger partial charge < -0.3 is 90.0 Å². The van der Waals surface area contributed by atoms with Crippen molar-refractivity contribution in [3.8, 4) is 12.3 Å². The fourth-order valence-electron chi connectivity index (χ4n) is 9.48. The van der Waals surface area contributed by atoms with Crippen LogP contribution in [0.4, 0.5) is 21.2 Å². The highest BCUT2D eigenvalue weighted by molar-refractivity contribution is 7.60. The topological polar surface area (TPSA) is 609 Å². The molecule has 0 aliphatic carbocycles. The van der Waals surface area contributed by atoms with Crippen molar-refractivity contribution in [1.82, 2.24) is 62.5 Å². The largest absolute Gasteiger partial charge is 0.481 e. The number of nitrogens with zero attached hydrogens (tertiary/aromatic N) is 3. The van der Waals surface area contributed by atoms with E-state index in [0.717, 1.165) is 0 Å². The fourth-order valence-corrected chi connectivity index (χ4v) is 9.48. The van der Waals surface area contributed by atoms with Crippen LogP contribution in [0.25, 0.3) is 11.2 Å². The van der Waals surface area contributed by atoms with E-state index in [4.69, 9.17) is 23.0 Å². The Morgan fingerprint density at radius 3 is 1.66 bits per heavy atom. The maximum Gasteiger partial charge on any atom is 0.326 e. The first-order chi connectivity index (χ1) is 46.9. The summed E-state index contributed by atoms with van der Waals surface area (Å²) >= 11 is 0. The van der Waals surface area contributed by atoms with Crippen LogP contribution in [0.1, 0.15) is 130 Å². The number of benzene rings is 2. The standard InChI is InChI=1S/C62H77N15O22.7H2S/c1-2-8-40(55(90)71-39(51(63)87)10-5-3-4-9-38(78)20-21-42(58(94)95)73-53(88)34-16-18-36(19-17-34)66-30-37-31-67-52-50(69-37)56(91)77-60(64)76-52)72-54(89)35(27-48(83)84)26-45(79)44(28-49(85)86)70-46(80)25-32-12-14-33(15-13-32)29-68-61(98)65-24-7-6-11-41(57(92)93)74-62(99)75-43(59(96)97)22-23-47(81)82;;;;;;;/h1,12-19,31,35,39-44,66H,3-11,20-30H2,(H2,63,87)(H,70,80)(H,71,90)(H,72,89)(H,73,88)(H,81,82)(H,83,84)(H,85,86)(H,92,93)(H,94,95)(H,96,97)(H2,65,68,98)(H2,74,75,99)(H3,64,67,76,77,91);7*1H2/t35-,39-,40-,41-,42-,43-,44-;;;;;;;/m0......./s1. The third-order valence-electron chi connectivity index (χ3n) is 14.7. The maximum absolute atomic E-state index is 13.6. The van der Waals surface area contributed by atoms with Crippen LogP contribution in [0.5, 0.6) is 0 Å². The molecule has 0 saturated heterocycles. The predicted octanol–water partition coefficient (Wildman–Crippen LogP) is -0.0498. The molecular formula is C62H91N15O22S7. The summed E-state index contributed by atoms with van der Waals surface area (Å²) < 4.78 is 0. The number of fused-ring (bicyclic) bond motifs is 1. The van der Waals surface area contributed by atoms with Crippen molar-refractivity contribution in [1.29, 1.82) is 0 Å². The van der Waals surface area contributed by atoms with Crippen LogP contribution in [0.3, 0.4) is 0 Å². The van der Waals surface area contributed by atoms with Crippen LogP contribution in [-0.2, 0) is 77.0 Å². The SMILES string of the molecule is C#CC[C@H](NC(=O)[C@H](CC(=O)O)CC(=O)[C@H](CC(=O)O)NC(=O)Cc1ccc(CNC(=O)NCCCC[C@H](NC(=O)N[C@@H](CCC(=O)O)C(=O)O)C(=O)O)cc1)C(=O)N[C@@H](CCCCCC(=O)CC[C@H](NC(=O)c1ccc(NCc2cnc3nc(N)[nH]c(=O)c3n2)cc1)C(=O)O)C(N)=O.S.S.S.S.S.S.S. The Kier molecular flexibility index (Phi) is 51.5. The number of aromatic nitrogens is 4. The number of urea groups is 2. The van der Waals surface area contributed by atoms with E-state index < -0.39 is 176 Å². The smallest absolute Gasteiger partial charge is 0.326 e. The molecular weight excluding hydrogens is 1530 g/mol. The molecule has 0 fully saturated rings. The third-order valence-corrected chi connectivity index (χ3v) is 14.7. The van der Waals surface area contributed by atoms with Gasteiger partial charge in [0.1, 0.15) is 36.0 Å². The van der Waals surface area contributed by atoms with E-state index in [1.54, 1.807) is 24.3 Å². The van der Waals surface area contributed by atoms with Crippen LogP contribution >= 0.6 is 94.5 Å². The molecule has 0 radical (unpaired) electrons. The lowest BCUT2D eigenvalue weighted by atomic mass is 9.93. The highest BCUT2D eigenvalue weighted by Crippen LogP contribution is 2.18. The van der Waals surface area contributed by atoms with Gasteiger partial charge in [-0.05, 0) is 80.3 Å².